The van der Waals surface area contributed by atoms with Crippen molar-refractivity contribution in [3.8, 4) is 0 Å². The maximum absolute atomic E-state index is 11.7. The third kappa shape index (κ3) is 5.82. The Balaban J connectivity index is 4.32. The van der Waals surface area contributed by atoms with E-state index in [0.717, 1.165) is 0 Å². The van der Waals surface area contributed by atoms with Crippen molar-refractivity contribution < 1.29 is 19.4 Å². The second-order valence-electron chi connectivity index (χ2n) is 4.30. The highest BCUT2D eigenvalue weighted by Crippen LogP contribution is 2.08. The number of carboxylic acid groups (broad SMARTS) is 1. The van der Waals surface area contributed by atoms with E-state index in [1.54, 1.807) is 19.9 Å². The molecule has 0 aliphatic carbocycles. The summed E-state index contributed by atoms with van der Waals surface area (Å²) in [6.07, 6.45) is 2.38. The molecule has 0 saturated carbocycles. The Morgan fingerprint density at radius 3 is 2.50 bits per heavy atom. The molecule has 0 aromatic rings. The van der Waals surface area contributed by atoms with Crippen LogP contribution in [0.2, 0.25) is 0 Å². The lowest BCUT2D eigenvalue weighted by Gasteiger charge is -2.22. The standard InChI is InChI=1S/C13H23NO4/c1-5-7-8-18-10(4)12(15)14-11(13(16)17)9(3)6-2/h5,9-11H,1,6-8H2,2-4H3,(H,14,15)(H,16,17)/t9-,10?,11-/m0/s1. The van der Waals surface area contributed by atoms with Gasteiger partial charge >= 0.3 is 5.97 Å². The third-order valence-corrected chi connectivity index (χ3v) is 2.84. The van der Waals surface area contributed by atoms with Gasteiger partial charge in [0, 0.05) is 0 Å². The van der Waals surface area contributed by atoms with Crippen LogP contribution in [0.15, 0.2) is 12.7 Å². The van der Waals surface area contributed by atoms with E-state index in [4.69, 9.17) is 9.84 Å². The summed E-state index contributed by atoms with van der Waals surface area (Å²) in [5.41, 5.74) is 0. The van der Waals surface area contributed by atoms with Gasteiger partial charge in [-0.3, -0.25) is 4.79 Å². The predicted molar refractivity (Wildman–Crippen MR) is 69.2 cm³/mol. The normalized spacial score (nSPS) is 15.5. The monoisotopic (exact) mass is 257 g/mol. The quantitative estimate of drug-likeness (QED) is 0.486. The number of aliphatic carboxylic acids is 1. The molecule has 0 rings (SSSR count). The fourth-order valence-electron chi connectivity index (χ4n) is 1.36. The Morgan fingerprint density at radius 1 is 1.44 bits per heavy atom. The third-order valence-electron chi connectivity index (χ3n) is 2.84. The molecule has 0 aromatic heterocycles. The molecule has 5 nitrogen and oxygen atoms in total. The van der Waals surface area contributed by atoms with Crippen LogP contribution in [0.1, 0.15) is 33.6 Å². The van der Waals surface area contributed by atoms with Gasteiger partial charge in [-0.25, -0.2) is 4.79 Å². The molecule has 0 aromatic carbocycles. The molecule has 1 amide bonds. The molecule has 5 heteroatoms. The number of carbonyl (C=O) groups excluding carboxylic acids is 1. The number of ether oxygens (including phenoxy) is 1. The van der Waals surface area contributed by atoms with Crippen LogP contribution in [0.25, 0.3) is 0 Å². The minimum absolute atomic E-state index is 0.119. The second kappa shape index (κ2) is 8.69. The molecule has 0 aliphatic rings. The van der Waals surface area contributed by atoms with E-state index >= 15 is 0 Å². The zero-order valence-corrected chi connectivity index (χ0v) is 11.3. The van der Waals surface area contributed by atoms with Crippen LogP contribution in [0, 0.1) is 5.92 Å². The topological polar surface area (TPSA) is 75.6 Å². The molecule has 18 heavy (non-hydrogen) atoms. The van der Waals surface area contributed by atoms with E-state index in [2.05, 4.69) is 11.9 Å². The van der Waals surface area contributed by atoms with E-state index in [1.807, 2.05) is 6.92 Å². The maximum Gasteiger partial charge on any atom is 0.326 e. The molecular weight excluding hydrogens is 234 g/mol. The van der Waals surface area contributed by atoms with Gasteiger partial charge in [-0.1, -0.05) is 26.3 Å². The molecule has 3 atom stereocenters. The van der Waals surface area contributed by atoms with Gasteiger partial charge in [0.25, 0.3) is 0 Å². The average molecular weight is 257 g/mol. The summed E-state index contributed by atoms with van der Waals surface area (Å²) in [6.45, 7) is 9.24. The fraction of sp³-hybridized carbons (Fsp3) is 0.692. The molecule has 2 N–H and O–H groups in total. The molecule has 0 heterocycles. The lowest BCUT2D eigenvalue weighted by atomic mass is 9.99. The van der Waals surface area contributed by atoms with E-state index < -0.39 is 24.0 Å². The van der Waals surface area contributed by atoms with E-state index in [0.29, 0.717) is 19.4 Å². The highest BCUT2D eigenvalue weighted by molar-refractivity contribution is 5.86. The van der Waals surface area contributed by atoms with Gasteiger partial charge in [0.1, 0.15) is 12.1 Å². The Hall–Kier alpha value is -1.36. The molecule has 0 radical (unpaired) electrons. The molecule has 0 aliphatic heterocycles. The Morgan fingerprint density at radius 2 is 2.06 bits per heavy atom. The van der Waals surface area contributed by atoms with E-state index in [9.17, 15) is 9.59 Å². The van der Waals surface area contributed by atoms with Crippen LogP contribution in [-0.4, -0.2) is 35.7 Å². The van der Waals surface area contributed by atoms with Gasteiger partial charge in [-0.05, 0) is 19.3 Å². The molecule has 104 valence electrons. The average Bonchev–Trinajstić information content (AvgIpc) is 2.34. The Bertz CT molecular complexity index is 291. The minimum atomic E-state index is -1.02. The zero-order chi connectivity index (χ0) is 14.1. The summed E-state index contributed by atoms with van der Waals surface area (Å²) in [6, 6.07) is -0.868. The fourth-order valence-corrected chi connectivity index (χ4v) is 1.36. The Labute approximate surface area is 108 Å². The number of nitrogens with one attached hydrogen (secondary N) is 1. The van der Waals surface area contributed by atoms with Crippen LogP contribution in [0.4, 0.5) is 0 Å². The predicted octanol–water partition coefficient (Wildman–Crippen LogP) is 1.58. The Kier molecular flexibility index (Phi) is 8.03. The van der Waals surface area contributed by atoms with Gasteiger partial charge in [-0.15, -0.1) is 6.58 Å². The summed E-state index contributed by atoms with van der Waals surface area (Å²) < 4.78 is 5.26. The van der Waals surface area contributed by atoms with Gasteiger partial charge in [0.15, 0.2) is 0 Å². The van der Waals surface area contributed by atoms with E-state index in [1.165, 1.54) is 0 Å². The molecule has 0 bridgehead atoms. The molecule has 0 spiro atoms. The van der Waals surface area contributed by atoms with Crippen LogP contribution in [0.5, 0.6) is 0 Å². The lowest BCUT2D eigenvalue weighted by molar-refractivity contribution is -0.145. The molecule has 0 fully saturated rings. The summed E-state index contributed by atoms with van der Waals surface area (Å²) in [7, 11) is 0. The van der Waals surface area contributed by atoms with Gasteiger partial charge in [-0.2, -0.15) is 0 Å². The van der Waals surface area contributed by atoms with Crippen LogP contribution >= 0.6 is 0 Å². The first-order valence-electron chi connectivity index (χ1n) is 6.19. The first-order chi connectivity index (χ1) is 8.43. The summed E-state index contributed by atoms with van der Waals surface area (Å²) in [5, 5.41) is 11.6. The van der Waals surface area contributed by atoms with Crippen molar-refractivity contribution in [2.24, 2.45) is 5.92 Å². The van der Waals surface area contributed by atoms with Crippen molar-refractivity contribution in [3.05, 3.63) is 12.7 Å². The SMILES string of the molecule is C=CCCOC(C)C(=O)N[C@H](C(=O)O)[C@@H](C)CC. The number of carboxylic acids is 1. The second-order valence-corrected chi connectivity index (χ2v) is 4.30. The van der Waals surface area contributed by atoms with Crippen molar-refractivity contribution in [1.82, 2.24) is 5.32 Å². The molecule has 0 saturated heterocycles. The first kappa shape index (κ1) is 16.6. The molecular formula is C13H23NO4. The highest BCUT2D eigenvalue weighted by atomic mass is 16.5. The molecule has 1 unspecified atom stereocenters. The number of hydrogen-bond donors (Lipinski definition) is 2. The van der Waals surface area contributed by atoms with Crippen LogP contribution < -0.4 is 5.32 Å². The minimum Gasteiger partial charge on any atom is -0.480 e. The number of amides is 1. The van der Waals surface area contributed by atoms with Gasteiger partial charge < -0.3 is 15.2 Å². The van der Waals surface area contributed by atoms with Gasteiger partial charge in [0.2, 0.25) is 5.91 Å². The van der Waals surface area contributed by atoms with E-state index in [-0.39, 0.29) is 5.92 Å². The zero-order valence-electron chi connectivity index (χ0n) is 11.3. The van der Waals surface area contributed by atoms with Crippen molar-refractivity contribution in [2.45, 2.75) is 45.8 Å². The number of hydrogen-bond acceptors (Lipinski definition) is 3. The number of rotatable bonds is 9. The largest absolute Gasteiger partial charge is 0.480 e. The maximum atomic E-state index is 11.7. The first-order valence-corrected chi connectivity index (χ1v) is 6.19. The summed E-state index contributed by atoms with van der Waals surface area (Å²) in [5.74, 6) is -1.53. The van der Waals surface area contributed by atoms with Crippen molar-refractivity contribution in [2.75, 3.05) is 6.61 Å². The highest BCUT2D eigenvalue weighted by Gasteiger charge is 2.27. The summed E-state index contributed by atoms with van der Waals surface area (Å²) >= 11 is 0. The number of carbonyl (C=O) groups is 2. The van der Waals surface area contributed by atoms with Gasteiger partial charge in [0.05, 0.1) is 6.61 Å². The lowest BCUT2D eigenvalue weighted by Crippen LogP contribution is -2.48. The van der Waals surface area contributed by atoms with Crippen LogP contribution in [-0.2, 0) is 14.3 Å². The summed E-state index contributed by atoms with van der Waals surface area (Å²) in [4.78, 5) is 22.8. The van der Waals surface area contributed by atoms with Crippen LogP contribution in [0.3, 0.4) is 0 Å². The van der Waals surface area contributed by atoms with Crippen molar-refractivity contribution >= 4 is 11.9 Å². The van der Waals surface area contributed by atoms with Crippen molar-refractivity contribution in [3.63, 3.8) is 0 Å². The smallest absolute Gasteiger partial charge is 0.326 e. The van der Waals surface area contributed by atoms with Crippen molar-refractivity contribution in [1.29, 1.82) is 0 Å².